The van der Waals surface area contributed by atoms with Crippen molar-refractivity contribution in [3.05, 3.63) is 23.8 Å². The molecular weight excluding hydrogens is 376 g/mol. The molecule has 1 heterocycles. The van der Waals surface area contributed by atoms with Crippen LogP contribution in [0.4, 0.5) is 5.69 Å². The molecule has 2 bridgehead atoms. The molecule has 28 heavy (non-hydrogen) atoms. The molecule has 0 aromatic heterocycles. The summed E-state index contributed by atoms with van der Waals surface area (Å²) in [6.07, 6.45) is 5.10. The normalized spacial score (nSPS) is 29.0. The second-order valence-corrected chi connectivity index (χ2v) is 9.61. The molecule has 2 N–H and O–H groups in total. The summed E-state index contributed by atoms with van der Waals surface area (Å²) < 4.78 is 5.18. The molecule has 2 saturated carbocycles. The SMILES string of the molecule is CC1Sc2ccc(C(=O)OCC(=O)NC(C)C3CC4CCC3C4)cc2NC1=O. The van der Waals surface area contributed by atoms with Gasteiger partial charge in [0.1, 0.15) is 0 Å². The van der Waals surface area contributed by atoms with Gasteiger partial charge >= 0.3 is 5.97 Å². The first kappa shape index (κ1) is 19.3. The molecule has 0 saturated heterocycles. The minimum atomic E-state index is -0.566. The summed E-state index contributed by atoms with van der Waals surface area (Å²) >= 11 is 1.45. The summed E-state index contributed by atoms with van der Waals surface area (Å²) in [5.74, 6) is 1.19. The van der Waals surface area contributed by atoms with E-state index in [0.717, 1.165) is 16.7 Å². The maximum atomic E-state index is 12.3. The fourth-order valence-corrected chi connectivity index (χ4v) is 5.79. The van der Waals surface area contributed by atoms with E-state index in [-0.39, 0.29) is 29.7 Å². The van der Waals surface area contributed by atoms with Crippen molar-refractivity contribution < 1.29 is 19.1 Å². The summed E-state index contributed by atoms with van der Waals surface area (Å²) in [6.45, 7) is 3.59. The third-order valence-electron chi connectivity index (χ3n) is 6.30. The van der Waals surface area contributed by atoms with Gasteiger partial charge in [0, 0.05) is 10.9 Å². The number of rotatable bonds is 5. The van der Waals surface area contributed by atoms with E-state index >= 15 is 0 Å². The third kappa shape index (κ3) is 3.90. The van der Waals surface area contributed by atoms with E-state index in [2.05, 4.69) is 17.6 Å². The maximum absolute atomic E-state index is 12.3. The van der Waals surface area contributed by atoms with Crippen molar-refractivity contribution in [2.75, 3.05) is 11.9 Å². The smallest absolute Gasteiger partial charge is 0.338 e. The van der Waals surface area contributed by atoms with Crippen molar-refractivity contribution in [1.82, 2.24) is 5.32 Å². The summed E-state index contributed by atoms with van der Waals surface area (Å²) in [5, 5.41) is 5.63. The predicted molar refractivity (Wildman–Crippen MR) is 107 cm³/mol. The summed E-state index contributed by atoms with van der Waals surface area (Å²) in [6, 6.07) is 5.17. The van der Waals surface area contributed by atoms with Crippen LogP contribution in [0.2, 0.25) is 0 Å². The van der Waals surface area contributed by atoms with Gasteiger partial charge in [-0.2, -0.15) is 0 Å². The van der Waals surface area contributed by atoms with Gasteiger partial charge in [0.2, 0.25) is 5.91 Å². The standard InChI is InChI=1S/C21H26N2O4S/c1-11(16-8-13-3-4-14(16)7-13)22-19(24)10-27-21(26)15-5-6-18-17(9-15)23-20(25)12(2)28-18/h5-6,9,11-14,16H,3-4,7-8,10H2,1-2H3,(H,22,24)(H,23,25). The number of hydrogen-bond acceptors (Lipinski definition) is 5. The highest BCUT2D eigenvalue weighted by Gasteiger charge is 2.42. The Labute approximate surface area is 169 Å². The van der Waals surface area contributed by atoms with Crippen molar-refractivity contribution >= 4 is 35.2 Å². The molecule has 3 aliphatic rings. The zero-order valence-electron chi connectivity index (χ0n) is 16.2. The highest BCUT2D eigenvalue weighted by Crippen LogP contribution is 2.49. The number of thioether (sulfide) groups is 1. The molecule has 7 heteroatoms. The van der Waals surface area contributed by atoms with Crippen LogP contribution >= 0.6 is 11.8 Å². The van der Waals surface area contributed by atoms with Crippen molar-refractivity contribution in [2.24, 2.45) is 17.8 Å². The third-order valence-corrected chi connectivity index (χ3v) is 7.48. The zero-order valence-corrected chi connectivity index (χ0v) is 17.0. The highest BCUT2D eigenvalue weighted by molar-refractivity contribution is 8.00. The average Bonchev–Trinajstić information content (AvgIpc) is 3.30. The maximum Gasteiger partial charge on any atom is 0.338 e. The Morgan fingerprint density at radius 2 is 2.14 bits per heavy atom. The number of anilines is 1. The molecule has 1 aromatic rings. The van der Waals surface area contributed by atoms with Gasteiger partial charge in [0.05, 0.1) is 16.5 Å². The highest BCUT2D eigenvalue weighted by atomic mass is 32.2. The number of amides is 2. The lowest BCUT2D eigenvalue weighted by Crippen LogP contribution is -2.42. The summed E-state index contributed by atoms with van der Waals surface area (Å²) in [4.78, 5) is 37.2. The monoisotopic (exact) mass is 402 g/mol. The van der Waals surface area contributed by atoms with Gasteiger partial charge in [-0.05, 0) is 69.1 Å². The number of esters is 1. The zero-order chi connectivity index (χ0) is 19.8. The number of carbonyl (C=O) groups excluding carboxylic acids is 3. The molecule has 4 rings (SSSR count). The van der Waals surface area contributed by atoms with Crippen LogP contribution in [0.3, 0.4) is 0 Å². The van der Waals surface area contributed by atoms with Crippen LogP contribution in [0.1, 0.15) is 49.9 Å². The van der Waals surface area contributed by atoms with Crippen molar-refractivity contribution in [3.8, 4) is 0 Å². The van der Waals surface area contributed by atoms with Crippen LogP contribution in [0.5, 0.6) is 0 Å². The molecule has 2 amide bonds. The lowest BCUT2D eigenvalue weighted by molar-refractivity contribution is -0.125. The summed E-state index contributed by atoms with van der Waals surface area (Å²) in [5.41, 5.74) is 0.931. The van der Waals surface area contributed by atoms with Crippen LogP contribution in [0.15, 0.2) is 23.1 Å². The number of fused-ring (bicyclic) bond motifs is 3. The number of nitrogens with one attached hydrogen (secondary N) is 2. The van der Waals surface area contributed by atoms with Crippen molar-refractivity contribution in [3.63, 3.8) is 0 Å². The first-order chi connectivity index (χ1) is 13.4. The van der Waals surface area contributed by atoms with E-state index in [1.54, 1.807) is 18.2 Å². The minimum Gasteiger partial charge on any atom is -0.452 e. The summed E-state index contributed by atoms with van der Waals surface area (Å²) in [7, 11) is 0. The van der Waals surface area contributed by atoms with Crippen LogP contribution < -0.4 is 10.6 Å². The number of carbonyl (C=O) groups is 3. The quantitative estimate of drug-likeness (QED) is 0.739. The molecule has 6 nitrogen and oxygen atoms in total. The van der Waals surface area contributed by atoms with Crippen LogP contribution in [0.25, 0.3) is 0 Å². The minimum absolute atomic E-state index is 0.0861. The second-order valence-electron chi connectivity index (χ2n) is 8.23. The molecule has 5 atom stereocenters. The Kier molecular flexibility index (Phi) is 5.36. The average molecular weight is 403 g/mol. The second kappa shape index (κ2) is 7.78. The van der Waals surface area contributed by atoms with Gasteiger partial charge in [-0.3, -0.25) is 9.59 Å². The van der Waals surface area contributed by atoms with Gasteiger partial charge in [-0.1, -0.05) is 6.42 Å². The largest absolute Gasteiger partial charge is 0.452 e. The predicted octanol–water partition coefficient (Wildman–Crippen LogP) is 3.22. The first-order valence-corrected chi connectivity index (χ1v) is 10.9. The van der Waals surface area contributed by atoms with Crippen LogP contribution in [-0.2, 0) is 14.3 Å². The first-order valence-electron chi connectivity index (χ1n) is 9.98. The lowest BCUT2D eigenvalue weighted by Gasteiger charge is -2.28. The van der Waals surface area contributed by atoms with Gasteiger partial charge in [0.25, 0.3) is 5.91 Å². The molecule has 0 spiro atoms. The lowest BCUT2D eigenvalue weighted by atomic mass is 9.84. The number of hydrogen-bond donors (Lipinski definition) is 2. The van der Waals surface area contributed by atoms with Gasteiger partial charge in [-0.25, -0.2) is 4.79 Å². The molecular formula is C21H26N2O4S. The number of ether oxygens (including phenoxy) is 1. The van der Waals surface area contributed by atoms with E-state index in [9.17, 15) is 14.4 Å². The van der Waals surface area contributed by atoms with Gasteiger partial charge in [-0.15, -0.1) is 11.8 Å². The van der Waals surface area contributed by atoms with E-state index in [1.807, 2.05) is 6.92 Å². The van der Waals surface area contributed by atoms with E-state index in [0.29, 0.717) is 17.2 Å². The molecule has 0 radical (unpaired) electrons. The molecule has 1 aromatic carbocycles. The fraction of sp³-hybridized carbons (Fsp3) is 0.571. The van der Waals surface area contributed by atoms with E-state index < -0.39 is 5.97 Å². The Morgan fingerprint density at radius 3 is 2.86 bits per heavy atom. The Bertz CT molecular complexity index is 812. The molecule has 5 unspecified atom stereocenters. The van der Waals surface area contributed by atoms with Gasteiger partial charge < -0.3 is 15.4 Å². The topological polar surface area (TPSA) is 84.5 Å². The van der Waals surface area contributed by atoms with Crippen molar-refractivity contribution in [2.45, 2.75) is 55.7 Å². The van der Waals surface area contributed by atoms with E-state index in [1.165, 1.54) is 37.4 Å². The van der Waals surface area contributed by atoms with E-state index in [4.69, 9.17) is 4.74 Å². The Balaban J connectivity index is 1.29. The Hall–Kier alpha value is -2.02. The fourth-order valence-electron chi connectivity index (χ4n) is 4.86. The molecule has 2 fully saturated rings. The molecule has 150 valence electrons. The Morgan fingerprint density at radius 1 is 1.32 bits per heavy atom. The van der Waals surface area contributed by atoms with Crippen LogP contribution in [-0.4, -0.2) is 35.7 Å². The molecule has 1 aliphatic heterocycles. The van der Waals surface area contributed by atoms with Gasteiger partial charge in [0.15, 0.2) is 6.61 Å². The number of benzene rings is 1. The molecule has 2 aliphatic carbocycles. The van der Waals surface area contributed by atoms with Crippen LogP contribution in [0, 0.1) is 17.8 Å². The van der Waals surface area contributed by atoms with Crippen molar-refractivity contribution in [1.29, 1.82) is 0 Å².